The first-order valence-corrected chi connectivity index (χ1v) is 12.3. The van der Waals surface area contributed by atoms with E-state index in [0.717, 1.165) is 16.7 Å². The number of hydrogen-bond donors (Lipinski definition) is 1. The quantitative estimate of drug-likeness (QED) is 0.255. The fourth-order valence-electron chi connectivity index (χ4n) is 3.71. The van der Waals surface area contributed by atoms with E-state index >= 15 is 0 Å². The van der Waals surface area contributed by atoms with E-state index in [1.807, 2.05) is 62.4 Å². The summed E-state index contributed by atoms with van der Waals surface area (Å²) in [6.45, 7) is 4.74. The molecule has 3 aromatic rings. The molecule has 1 aliphatic heterocycles. The molecule has 0 aliphatic carbocycles. The summed E-state index contributed by atoms with van der Waals surface area (Å²) in [5.41, 5.74) is 3.67. The lowest BCUT2D eigenvalue weighted by atomic mass is 10.1. The average molecular weight is 556 g/mol. The second-order valence-corrected chi connectivity index (χ2v) is 9.27. The predicted octanol–water partition coefficient (Wildman–Crippen LogP) is 6.48. The van der Waals surface area contributed by atoms with Crippen molar-refractivity contribution in [2.45, 2.75) is 27.0 Å². The normalized spacial score (nSPS) is 14.4. The third kappa shape index (κ3) is 5.86. The van der Waals surface area contributed by atoms with Crippen LogP contribution >= 0.6 is 27.5 Å². The van der Waals surface area contributed by atoms with Crippen molar-refractivity contribution in [2.24, 2.45) is 0 Å². The van der Waals surface area contributed by atoms with Gasteiger partial charge in [0.1, 0.15) is 12.3 Å². The van der Waals surface area contributed by atoms with Crippen LogP contribution in [0.5, 0.6) is 11.5 Å². The summed E-state index contributed by atoms with van der Waals surface area (Å²) >= 11 is 9.80. The number of hydrogen-bond acceptors (Lipinski definition) is 4. The van der Waals surface area contributed by atoms with Crippen molar-refractivity contribution in [1.29, 1.82) is 0 Å². The molecule has 0 bridgehead atoms. The summed E-state index contributed by atoms with van der Waals surface area (Å²) in [4.78, 5) is 26.7. The molecule has 3 aromatic carbocycles. The molecule has 0 aromatic heterocycles. The van der Waals surface area contributed by atoms with Crippen molar-refractivity contribution in [3.8, 4) is 11.5 Å². The van der Waals surface area contributed by atoms with Crippen LogP contribution in [0.15, 0.2) is 70.8 Å². The Balaban J connectivity index is 1.56. The molecule has 0 saturated carbocycles. The van der Waals surface area contributed by atoms with Crippen LogP contribution in [0.3, 0.4) is 0 Å². The zero-order valence-corrected chi connectivity index (χ0v) is 21.7. The Labute approximate surface area is 217 Å². The molecule has 35 heavy (non-hydrogen) atoms. The molecule has 1 fully saturated rings. The summed E-state index contributed by atoms with van der Waals surface area (Å²) in [5.74, 6) is 0.649. The Morgan fingerprint density at radius 2 is 1.86 bits per heavy atom. The highest BCUT2D eigenvalue weighted by Gasteiger charge is 2.33. The van der Waals surface area contributed by atoms with Crippen LogP contribution < -0.4 is 14.8 Å². The molecule has 180 valence electrons. The second kappa shape index (κ2) is 11.0. The Bertz CT molecular complexity index is 1310. The summed E-state index contributed by atoms with van der Waals surface area (Å²) in [6, 6.07) is 18.3. The Morgan fingerprint density at radius 1 is 1.06 bits per heavy atom. The number of ether oxygens (including phenoxy) is 2. The number of imide groups is 1. The van der Waals surface area contributed by atoms with Gasteiger partial charge in [0.05, 0.1) is 17.6 Å². The van der Waals surface area contributed by atoms with Gasteiger partial charge in [-0.25, -0.2) is 4.79 Å². The zero-order chi connectivity index (χ0) is 24.9. The maximum absolute atomic E-state index is 13.0. The molecule has 1 aliphatic rings. The molecule has 8 heteroatoms. The molecular weight excluding hydrogens is 532 g/mol. The van der Waals surface area contributed by atoms with E-state index in [4.69, 9.17) is 21.1 Å². The highest BCUT2D eigenvalue weighted by atomic mass is 79.9. The smallest absolute Gasteiger partial charge is 0.329 e. The van der Waals surface area contributed by atoms with E-state index in [1.165, 1.54) is 4.90 Å². The largest absolute Gasteiger partial charge is 0.490 e. The van der Waals surface area contributed by atoms with Gasteiger partial charge in [0, 0.05) is 10.6 Å². The van der Waals surface area contributed by atoms with Crippen molar-refractivity contribution in [2.75, 3.05) is 6.61 Å². The third-order valence-electron chi connectivity index (χ3n) is 5.36. The van der Waals surface area contributed by atoms with Crippen LogP contribution in [0.1, 0.15) is 29.2 Å². The van der Waals surface area contributed by atoms with Gasteiger partial charge in [-0.3, -0.25) is 9.69 Å². The van der Waals surface area contributed by atoms with Crippen molar-refractivity contribution in [1.82, 2.24) is 10.2 Å². The van der Waals surface area contributed by atoms with Crippen LogP contribution in [-0.4, -0.2) is 23.4 Å². The SMILES string of the molecule is CCOc1cc(/C=C2/NC(=O)N(Cc3cccc(C)c3)C2=O)cc(Br)c1OCc1ccccc1Cl. The lowest BCUT2D eigenvalue weighted by Gasteiger charge is -2.15. The summed E-state index contributed by atoms with van der Waals surface area (Å²) in [6.07, 6.45) is 1.63. The van der Waals surface area contributed by atoms with Gasteiger partial charge in [0.25, 0.3) is 5.91 Å². The van der Waals surface area contributed by atoms with E-state index in [-0.39, 0.29) is 24.8 Å². The Morgan fingerprint density at radius 3 is 2.60 bits per heavy atom. The highest BCUT2D eigenvalue weighted by molar-refractivity contribution is 9.10. The number of nitrogens with one attached hydrogen (secondary N) is 1. The number of urea groups is 1. The molecule has 0 atom stereocenters. The molecule has 6 nitrogen and oxygen atoms in total. The third-order valence-corrected chi connectivity index (χ3v) is 6.32. The van der Waals surface area contributed by atoms with Gasteiger partial charge in [0.15, 0.2) is 11.5 Å². The predicted molar refractivity (Wildman–Crippen MR) is 139 cm³/mol. The van der Waals surface area contributed by atoms with Crippen molar-refractivity contribution < 1.29 is 19.1 Å². The van der Waals surface area contributed by atoms with Gasteiger partial charge in [-0.15, -0.1) is 0 Å². The van der Waals surface area contributed by atoms with E-state index in [9.17, 15) is 9.59 Å². The summed E-state index contributed by atoms with van der Waals surface area (Å²) < 4.78 is 12.5. The molecule has 1 N–H and O–H groups in total. The van der Waals surface area contributed by atoms with Crippen LogP contribution in [0, 0.1) is 6.92 Å². The number of carbonyl (C=O) groups excluding carboxylic acids is 2. The number of aryl methyl sites for hydroxylation is 1. The van der Waals surface area contributed by atoms with Crippen molar-refractivity contribution in [3.63, 3.8) is 0 Å². The van der Waals surface area contributed by atoms with Crippen molar-refractivity contribution in [3.05, 3.63) is 98.1 Å². The van der Waals surface area contributed by atoms with Gasteiger partial charge in [-0.1, -0.05) is 59.6 Å². The first-order chi connectivity index (χ1) is 16.9. The minimum atomic E-state index is -0.452. The number of nitrogens with zero attached hydrogens (tertiary/aromatic N) is 1. The first kappa shape index (κ1) is 24.8. The van der Waals surface area contributed by atoms with Gasteiger partial charge < -0.3 is 14.8 Å². The monoisotopic (exact) mass is 554 g/mol. The van der Waals surface area contributed by atoms with Crippen molar-refractivity contribution >= 4 is 45.5 Å². The van der Waals surface area contributed by atoms with Gasteiger partial charge >= 0.3 is 6.03 Å². The first-order valence-electron chi connectivity index (χ1n) is 11.1. The van der Waals surface area contributed by atoms with E-state index < -0.39 is 6.03 Å². The fraction of sp³-hybridized carbons (Fsp3) is 0.185. The molecule has 0 radical (unpaired) electrons. The van der Waals surface area contributed by atoms with Gasteiger partial charge in [-0.05, 0) is 65.2 Å². The number of rotatable bonds is 8. The highest BCUT2D eigenvalue weighted by Crippen LogP contribution is 2.38. The minimum Gasteiger partial charge on any atom is -0.490 e. The van der Waals surface area contributed by atoms with Gasteiger partial charge in [0.2, 0.25) is 0 Å². The number of amides is 3. The molecule has 0 spiro atoms. The van der Waals surface area contributed by atoms with Crippen LogP contribution in [-0.2, 0) is 17.9 Å². The van der Waals surface area contributed by atoms with Crippen LogP contribution in [0.4, 0.5) is 4.79 Å². The van der Waals surface area contributed by atoms with E-state index in [0.29, 0.717) is 33.2 Å². The Kier molecular flexibility index (Phi) is 7.78. The lowest BCUT2D eigenvalue weighted by molar-refractivity contribution is -0.123. The molecule has 3 amide bonds. The molecule has 0 unspecified atom stereocenters. The fourth-order valence-corrected chi connectivity index (χ4v) is 4.48. The average Bonchev–Trinajstić information content (AvgIpc) is 3.07. The maximum Gasteiger partial charge on any atom is 0.329 e. The topological polar surface area (TPSA) is 67.9 Å². The molecular formula is C27H24BrClN2O4. The van der Waals surface area contributed by atoms with Gasteiger partial charge in [-0.2, -0.15) is 0 Å². The summed E-state index contributed by atoms with van der Waals surface area (Å²) in [5, 5.41) is 3.29. The van der Waals surface area contributed by atoms with E-state index in [2.05, 4.69) is 21.2 Å². The molecule has 4 rings (SSSR count). The Hall–Kier alpha value is -3.29. The van der Waals surface area contributed by atoms with Crippen LogP contribution in [0.25, 0.3) is 6.08 Å². The minimum absolute atomic E-state index is 0.196. The lowest BCUT2D eigenvalue weighted by Crippen LogP contribution is -2.30. The van der Waals surface area contributed by atoms with Crippen LogP contribution in [0.2, 0.25) is 5.02 Å². The number of benzene rings is 3. The van der Waals surface area contributed by atoms with E-state index in [1.54, 1.807) is 18.2 Å². The maximum atomic E-state index is 13.0. The molecule has 1 saturated heterocycles. The standard InChI is InChI=1S/C27H24BrClN2O4/c1-3-34-24-14-19(12-21(28)25(24)35-16-20-9-4-5-10-22(20)29)13-23-26(32)31(27(33)30-23)15-18-8-6-7-17(2)11-18/h4-14H,3,15-16H2,1-2H3,(H,30,33)/b23-13+. The molecule has 1 heterocycles. The summed E-state index contributed by atoms with van der Waals surface area (Å²) in [7, 11) is 0. The second-order valence-electron chi connectivity index (χ2n) is 8.01. The number of halogens is 2. The zero-order valence-electron chi connectivity index (χ0n) is 19.3. The number of carbonyl (C=O) groups is 2.